The van der Waals surface area contributed by atoms with Gasteiger partial charge >= 0.3 is 0 Å². The van der Waals surface area contributed by atoms with Gasteiger partial charge in [-0.2, -0.15) is 0 Å². The van der Waals surface area contributed by atoms with Crippen LogP contribution in [0.15, 0.2) is 24.3 Å². The fourth-order valence-electron chi connectivity index (χ4n) is 1.55. The molecule has 0 spiro atoms. The number of benzene rings is 1. The van der Waals surface area contributed by atoms with Crippen LogP contribution in [0.2, 0.25) is 0 Å². The molecule has 0 heterocycles. The number of carbonyl (C=O) groups is 1. The van der Waals surface area contributed by atoms with E-state index in [4.69, 9.17) is 4.74 Å². The van der Waals surface area contributed by atoms with Crippen molar-refractivity contribution in [1.82, 2.24) is 0 Å². The maximum absolute atomic E-state index is 11.5. The Kier molecular flexibility index (Phi) is 4.83. The van der Waals surface area contributed by atoms with Crippen molar-refractivity contribution in [3.05, 3.63) is 24.3 Å². The third-order valence-corrected chi connectivity index (χ3v) is 2.46. The van der Waals surface area contributed by atoms with Gasteiger partial charge in [0.15, 0.2) is 5.78 Å². The minimum atomic E-state index is 0.279. The number of nitrogens with zero attached hydrogens (tertiary/aromatic N) is 1. The summed E-state index contributed by atoms with van der Waals surface area (Å²) in [5.41, 5.74) is 1.03. The first-order valence-electron chi connectivity index (χ1n) is 5.54. The molecule has 0 aliphatic heterocycles. The van der Waals surface area contributed by atoms with Crippen LogP contribution in [0.5, 0.6) is 5.75 Å². The molecule has 1 rings (SSSR count). The standard InChI is InChI=1S/C13H19NO2/c1-4-5-12(15)10-14(2)11-6-8-13(16-3)9-7-11/h6-9H,4-5,10H2,1-3H3. The molecule has 1 aromatic rings. The molecule has 0 amide bonds. The number of Topliss-reactive ketones (excluding diaryl/α,β-unsaturated/α-hetero) is 1. The lowest BCUT2D eigenvalue weighted by molar-refractivity contribution is -0.117. The van der Waals surface area contributed by atoms with Gasteiger partial charge in [-0.3, -0.25) is 4.79 Å². The number of anilines is 1. The van der Waals surface area contributed by atoms with Crippen molar-refractivity contribution in [2.45, 2.75) is 19.8 Å². The van der Waals surface area contributed by atoms with Crippen LogP contribution < -0.4 is 9.64 Å². The van der Waals surface area contributed by atoms with Gasteiger partial charge < -0.3 is 9.64 Å². The van der Waals surface area contributed by atoms with Crippen molar-refractivity contribution in [2.24, 2.45) is 0 Å². The van der Waals surface area contributed by atoms with Crippen LogP contribution in [0.4, 0.5) is 5.69 Å². The third kappa shape index (κ3) is 3.57. The van der Waals surface area contributed by atoms with E-state index in [9.17, 15) is 4.79 Å². The van der Waals surface area contributed by atoms with Crippen LogP contribution in [0.25, 0.3) is 0 Å². The fraction of sp³-hybridized carbons (Fsp3) is 0.462. The van der Waals surface area contributed by atoms with E-state index in [1.165, 1.54) is 0 Å². The second-order valence-corrected chi connectivity index (χ2v) is 3.84. The van der Waals surface area contributed by atoms with Crippen molar-refractivity contribution in [3.63, 3.8) is 0 Å². The lowest BCUT2D eigenvalue weighted by Gasteiger charge is -2.18. The Labute approximate surface area is 97.0 Å². The highest BCUT2D eigenvalue weighted by Crippen LogP contribution is 2.17. The lowest BCUT2D eigenvalue weighted by Crippen LogP contribution is -2.25. The van der Waals surface area contributed by atoms with E-state index in [0.29, 0.717) is 13.0 Å². The van der Waals surface area contributed by atoms with Crippen molar-refractivity contribution in [2.75, 3.05) is 25.6 Å². The Morgan fingerprint density at radius 1 is 1.31 bits per heavy atom. The summed E-state index contributed by atoms with van der Waals surface area (Å²) in [6.07, 6.45) is 1.57. The summed E-state index contributed by atoms with van der Waals surface area (Å²) in [4.78, 5) is 13.4. The molecule has 0 aliphatic carbocycles. The summed E-state index contributed by atoms with van der Waals surface area (Å²) in [6, 6.07) is 7.71. The lowest BCUT2D eigenvalue weighted by atomic mass is 10.2. The largest absolute Gasteiger partial charge is 0.497 e. The second-order valence-electron chi connectivity index (χ2n) is 3.84. The summed E-state index contributed by atoms with van der Waals surface area (Å²) in [5.74, 6) is 1.11. The molecule has 3 nitrogen and oxygen atoms in total. The van der Waals surface area contributed by atoms with Crippen LogP contribution in [-0.4, -0.2) is 26.5 Å². The summed E-state index contributed by atoms with van der Waals surface area (Å²) in [5, 5.41) is 0. The molecule has 0 radical (unpaired) electrons. The van der Waals surface area contributed by atoms with E-state index in [-0.39, 0.29) is 5.78 Å². The monoisotopic (exact) mass is 221 g/mol. The predicted molar refractivity (Wildman–Crippen MR) is 66.2 cm³/mol. The number of hydrogen-bond acceptors (Lipinski definition) is 3. The molecule has 0 atom stereocenters. The Bertz CT molecular complexity index is 332. The van der Waals surface area contributed by atoms with Gasteiger partial charge in [0.25, 0.3) is 0 Å². The van der Waals surface area contributed by atoms with E-state index in [1.54, 1.807) is 7.11 Å². The zero-order valence-corrected chi connectivity index (χ0v) is 10.2. The topological polar surface area (TPSA) is 29.5 Å². The Morgan fingerprint density at radius 2 is 1.94 bits per heavy atom. The number of ether oxygens (including phenoxy) is 1. The van der Waals surface area contributed by atoms with Crippen LogP contribution in [0.3, 0.4) is 0 Å². The van der Waals surface area contributed by atoms with E-state index < -0.39 is 0 Å². The van der Waals surface area contributed by atoms with Gasteiger partial charge in [-0.1, -0.05) is 6.92 Å². The molecule has 1 aromatic carbocycles. The van der Waals surface area contributed by atoms with Gasteiger partial charge in [0, 0.05) is 19.2 Å². The fourth-order valence-corrected chi connectivity index (χ4v) is 1.55. The van der Waals surface area contributed by atoms with Gasteiger partial charge in [0.1, 0.15) is 5.75 Å². The molecule has 0 bridgehead atoms. The molecule has 0 aromatic heterocycles. The molecule has 3 heteroatoms. The second kappa shape index (κ2) is 6.16. The van der Waals surface area contributed by atoms with Crippen LogP contribution >= 0.6 is 0 Å². The van der Waals surface area contributed by atoms with Gasteiger partial charge in [0.05, 0.1) is 13.7 Å². The molecule has 16 heavy (non-hydrogen) atoms. The normalized spacial score (nSPS) is 9.94. The van der Waals surface area contributed by atoms with Gasteiger partial charge in [-0.05, 0) is 30.7 Å². The highest BCUT2D eigenvalue weighted by molar-refractivity contribution is 5.83. The first-order chi connectivity index (χ1) is 7.67. The number of likely N-dealkylation sites (N-methyl/N-ethyl adjacent to an activating group) is 1. The van der Waals surface area contributed by atoms with E-state index >= 15 is 0 Å². The Hall–Kier alpha value is -1.51. The van der Waals surface area contributed by atoms with E-state index in [0.717, 1.165) is 17.9 Å². The first kappa shape index (κ1) is 12.6. The van der Waals surface area contributed by atoms with Crippen molar-refractivity contribution in [1.29, 1.82) is 0 Å². The van der Waals surface area contributed by atoms with Crippen LogP contribution in [-0.2, 0) is 4.79 Å². The molecule has 0 saturated carbocycles. The first-order valence-corrected chi connectivity index (χ1v) is 5.54. The van der Waals surface area contributed by atoms with E-state index in [1.807, 2.05) is 43.1 Å². The number of hydrogen-bond donors (Lipinski definition) is 0. The molecule has 0 fully saturated rings. The van der Waals surface area contributed by atoms with Crippen LogP contribution in [0.1, 0.15) is 19.8 Å². The SMILES string of the molecule is CCCC(=O)CN(C)c1ccc(OC)cc1. The minimum absolute atomic E-state index is 0.279. The van der Waals surface area contributed by atoms with Gasteiger partial charge in [0.2, 0.25) is 0 Å². The number of rotatable bonds is 6. The smallest absolute Gasteiger partial charge is 0.152 e. The van der Waals surface area contributed by atoms with Gasteiger partial charge in [-0.25, -0.2) is 0 Å². The molecular formula is C13H19NO2. The highest BCUT2D eigenvalue weighted by atomic mass is 16.5. The summed E-state index contributed by atoms with van der Waals surface area (Å²) in [6.45, 7) is 2.49. The predicted octanol–water partition coefficient (Wildman–Crippen LogP) is 2.50. The molecule has 0 saturated heterocycles. The molecular weight excluding hydrogens is 202 g/mol. The molecule has 0 unspecified atom stereocenters. The molecule has 0 N–H and O–H groups in total. The van der Waals surface area contributed by atoms with Gasteiger partial charge in [-0.15, -0.1) is 0 Å². The number of carbonyl (C=O) groups excluding carboxylic acids is 1. The highest BCUT2D eigenvalue weighted by Gasteiger charge is 2.06. The maximum atomic E-state index is 11.5. The Balaban J connectivity index is 2.58. The van der Waals surface area contributed by atoms with E-state index in [2.05, 4.69) is 0 Å². The zero-order chi connectivity index (χ0) is 12.0. The van der Waals surface area contributed by atoms with Crippen molar-refractivity contribution < 1.29 is 9.53 Å². The third-order valence-electron chi connectivity index (χ3n) is 2.46. The average molecular weight is 221 g/mol. The maximum Gasteiger partial charge on any atom is 0.152 e. The average Bonchev–Trinajstić information content (AvgIpc) is 2.29. The summed E-state index contributed by atoms with van der Waals surface area (Å²) < 4.78 is 5.08. The van der Waals surface area contributed by atoms with Crippen molar-refractivity contribution >= 4 is 11.5 Å². The van der Waals surface area contributed by atoms with Crippen LogP contribution in [0, 0.1) is 0 Å². The minimum Gasteiger partial charge on any atom is -0.497 e. The number of methoxy groups -OCH3 is 1. The zero-order valence-electron chi connectivity index (χ0n) is 10.2. The number of ketones is 1. The van der Waals surface area contributed by atoms with Crippen molar-refractivity contribution in [3.8, 4) is 5.75 Å². The Morgan fingerprint density at radius 3 is 2.44 bits per heavy atom. The quantitative estimate of drug-likeness (QED) is 0.739. The summed E-state index contributed by atoms with van der Waals surface area (Å²) in [7, 11) is 3.57. The molecule has 88 valence electrons. The summed E-state index contributed by atoms with van der Waals surface area (Å²) >= 11 is 0. The molecule has 0 aliphatic rings.